The zero-order chi connectivity index (χ0) is 19.6. The zero-order valence-electron chi connectivity index (χ0n) is 15.8. The summed E-state index contributed by atoms with van der Waals surface area (Å²) in [6, 6.07) is 3.52. The van der Waals surface area contributed by atoms with Crippen LogP contribution in [0.4, 0.5) is 5.13 Å². The lowest BCUT2D eigenvalue weighted by atomic mass is 10.1. The van der Waals surface area contributed by atoms with Gasteiger partial charge in [0.2, 0.25) is 16.8 Å². The lowest BCUT2D eigenvalue weighted by molar-refractivity contribution is -0.111. The van der Waals surface area contributed by atoms with Crippen LogP contribution in [0.25, 0.3) is 6.08 Å². The maximum Gasteiger partial charge on any atom is 0.250 e. The van der Waals surface area contributed by atoms with Gasteiger partial charge in [-0.1, -0.05) is 36.4 Å². The van der Waals surface area contributed by atoms with E-state index in [1.807, 2.05) is 0 Å². The normalized spacial score (nSPS) is 10.8. The van der Waals surface area contributed by atoms with Crippen LogP contribution in [0, 0.1) is 0 Å². The molecule has 2 rings (SSSR count). The highest BCUT2D eigenvalue weighted by Crippen LogP contribution is 2.38. The topological polar surface area (TPSA) is 82.6 Å². The highest BCUT2D eigenvalue weighted by molar-refractivity contribution is 8.01. The molecule has 7 nitrogen and oxygen atoms in total. The molecular formula is C18H23N3O4S2. The first-order chi connectivity index (χ1) is 13.1. The van der Waals surface area contributed by atoms with Gasteiger partial charge in [-0.25, -0.2) is 0 Å². The van der Waals surface area contributed by atoms with Crippen molar-refractivity contribution in [2.75, 3.05) is 32.4 Å². The van der Waals surface area contributed by atoms with E-state index < -0.39 is 0 Å². The van der Waals surface area contributed by atoms with Crippen molar-refractivity contribution in [2.24, 2.45) is 0 Å². The molecule has 0 radical (unpaired) electrons. The summed E-state index contributed by atoms with van der Waals surface area (Å²) in [6.07, 6.45) is 5.36. The molecule has 0 saturated carbocycles. The van der Waals surface area contributed by atoms with Gasteiger partial charge in [-0.2, -0.15) is 0 Å². The van der Waals surface area contributed by atoms with Crippen LogP contribution < -0.4 is 19.5 Å². The lowest BCUT2D eigenvalue weighted by Crippen LogP contribution is -2.07. The summed E-state index contributed by atoms with van der Waals surface area (Å²) >= 11 is 3.02. The molecule has 2 aromatic rings. The van der Waals surface area contributed by atoms with Gasteiger partial charge in [-0.3, -0.25) is 10.1 Å². The van der Waals surface area contributed by atoms with Gasteiger partial charge in [0.05, 0.1) is 21.3 Å². The number of amides is 1. The summed E-state index contributed by atoms with van der Waals surface area (Å²) < 4.78 is 16.8. The van der Waals surface area contributed by atoms with Crippen LogP contribution in [-0.4, -0.2) is 43.2 Å². The van der Waals surface area contributed by atoms with E-state index >= 15 is 0 Å². The molecule has 0 saturated heterocycles. The summed E-state index contributed by atoms with van der Waals surface area (Å²) in [6.45, 7) is 2.15. The average Bonchev–Trinajstić information content (AvgIpc) is 3.12. The third-order valence-corrected chi connectivity index (χ3v) is 5.53. The van der Waals surface area contributed by atoms with Crippen molar-refractivity contribution in [1.29, 1.82) is 0 Å². The molecule has 1 N–H and O–H groups in total. The second-order valence-electron chi connectivity index (χ2n) is 5.36. The smallest absolute Gasteiger partial charge is 0.250 e. The highest BCUT2D eigenvalue weighted by Gasteiger charge is 2.12. The largest absolute Gasteiger partial charge is 0.493 e. The maximum absolute atomic E-state index is 12.1. The van der Waals surface area contributed by atoms with Crippen LogP contribution >= 0.6 is 23.1 Å². The van der Waals surface area contributed by atoms with E-state index in [-0.39, 0.29) is 5.91 Å². The summed E-state index contributed by atoms with van der Waals surface area (Å²) in [5, 5.41) is 11.3. The molecule has 27 heavy (non-hydrogen) atoms. The maximum atomic E-state index is 12.1. The van der Waals surface area contributed by atoms with Crippen molar-refractivity contribution in [3.8, 4) is 17.2 Å². The van der Waals surface area contributed by atoms with Crippen LogP contribution in [0.2, 0.25) is 0 Å². The minimum absolute atomic E-state index is 0.287. The molecule has 0 aliphatic heterocycles. The Hall–Kier alpha value is -2.26. The Morgan fingerprint density at radius 1 is 1.19 bits per heavy atom. The highest BCUT2D eigenvalue weighted by atomic mass is 32.2. The van der Waals surface area contributed by atoms with Crippen molar-refractivity contribution in [1.82, 2.24) is 10.2 Å². The number of rotatable bonds is 10. The Balaban J connectivity index is 2.02. The minimum Gasteiger partial charge on any atom is -0.493 e. The molecular weight excluding hydrogens is 386 g/mol. The molecule has 1 heterocycles. The molecule has 146 valence electrons. The SMILES string of the molecule is CCCCSc1nnc(NC(=O)/C=C/c2cc(OC)c(OC)c(OC)c2)s1. The number of hydrogen-bond donors (Lipinski definition) is 1. The van der Waals surface area contributed by atoms with Gasteiger partial charge in [0.1, 0.15) is 0 Å². The minimum atomic E-state index is -0.287. The summed E-state index contributed by atoms with van der Waals surface area (Å²) in [5.74, 6) is 2.26. The number of ether oxygens (including phenoxy) is 3. The fourth-order valence-electron chi connectivity index (χ4n) is 2.14. The summed E-state index contributed by atoms with van der Waals surface area (Å²) in [4.78, 5) is 12.1. The predicted molar refractivity (Wildman–Crippen MR) is 109 cm³/mol. The number of aromatic nitrogens is 2. The van der Waals surface area contributed by atoms with Gasteiger partial charge < -0.3 is 14.2 Å². The molecule has 1 aromatic carbocycles. The van der Waals surface area contributed by atoms with Crippen LogP contribution in [0.5, 0.6) is 17.2 Å². The fourth-order valence-corrected chi connectivity index (χ4v) is 4.05. The number of nitrogens with one attached hydrogen (secondary N) is 1. The van der Waals surface area contributed by atoms with E-state index in [1.54, 1.807) is 51.3 Å². The second-order valence-corrected chi connectivity index (χ2v) is 7.68. The number of carbonyl (C=O) groups excluding carboxylic acids is 1. The van der Waals surface area contributed by atoms with Crippen LogP contribution in [0.1, 0.15) is 25.3 Å². The first kappa shape index (κ1) is 21.0. The quantitative estimate of drug-likeness (QED) is 0.274. The van der Waals surface area contributed by atoms with Crippen molar-refractivity contribution in [3.63, 3.8) is 0 Å². The van der Waals surface area contributed by atoms with E-state index in [2.05, 4.69) is 22.4 Å². The lowest BCUT2D eigenvalue weighted by Gasteiger charge is -2.12. The van der Waals surface area contributed by atoms with E-state index in [1.165, 1.54) is 17.4 Å². The Kier molecular flexibility index (Phi) is 8.41. The molecule has 0 spiro atoms. The third kappa shape index (κ3) is 6.14. The van der Waals surface area contributed by atoms with Gasteiger partial charge in [0.15, 0.2) is 15.8 Å². The van der Waals surface area contributed by atoms with Crippen molar-refractivity contribution in [2.45, 2.75) is 24.1 Å². The molecule has 0 atom stereocenters. The van der Waals surface area contributed by atoms with Gasteiger partial charge in [0.25, 0.3) is 0 Å². The molecule has 0 fully saturated rings. The molecule has 0 aliphatic carbocycles. The van der Waals surface area contributed by atoms with Gasteiger partial charge in [-0.05, 0) is 30.2 Å². The number of unbranched alkanes of at least 4 members (excludes halogenated alkanes) is 1. The first-order valence-corrected chi connectivity index (χ1v) is 10.2. The molecule has 1 amide bonds. The van der Waals surface area contributed by atoms with Crippen molar-refractivity contribution in [3.05, 3.63) is 23.8 Å². The van der Waals surface area contributed by atoms with E-state index in [0.717, 1.165) is 28.5 Å². The Labute approximate surface area is 167 Å². The number of nitrogens with zero attached hydrogens (tertiary/aromatic N) is 2. The molecule has 0 aliphatic rings. The van der Waals surface area contributed by atoms with Crippen molar-refractivity contribution < 1.29 is 19.0 Å². The van der Waals surface area contributed by atoms with E-state index in [4.69, 9.17) is 14.2 Å². The van der Waals surface area contributed by atoms with E-state index in [0.29, 0.717) is 22.4 Å². The summed E-state index contributed by atoms with van der Waals surface area (Å²) in [7, 11) is 4.63. The first-order valence-electron chi connectivity index (χ1n) is 8.36. The van der Waals surface area contributed by atoms with Gasteiger partial charge in [0, 0.05) is 11.8 Å². The van der Waals surface area contributed by atoms with E-state index in [9.17, 15) is 4.79 Å². The zero-order valence-corrected chi connectivity index (χ0v) is 17.4. The standard InChI is InChI=1S/C18H23N3O4S2/c1-5-6-9-26-18-21-20-17(27-18)19-15(22)8-7-12-10-13(23-2)16(25-4)14(11-12)24-3/h7-8,10-11H,5-6,9H2,1-4H3,(H,19,20,22)/b8-7+. The fraction of sp³-hybridized carbons (Fsp3) is 0.389. The monoisotopic (exact) mass is 409 g/mol. The Bertz CT molecular complexity index is 768. The second kappa shape index (κ2) is 10.8. The number of thioether (sulfide) groups is 1. The van der Waals surface area contributed by atoms with Crippen LogP contribution in [-0.2, 0) is 4.79 Å². The van der Waals surface area contributed by atoms with Gasteiger partial charge >= 0.3 is 0 Å². The number of anilines is 1. The van der Waals surface area contributed by atoms with Gasteiger partial charge in [-0.15, -0.1) is 10.2 Å². The average molecular weight is 410 g/mol. The number of hydrogen-bond acceptors (Lipinski definition) is 8. The number of methoxy groups -OCH3 is 3. The number of carbonyl (C=O) groups is 1. The van der Waals surface area contributed by atoms with Crippen molar-refractivity contribution >= 4 is 40.2 Å². The summed E-state index contributed by atoms with van der Waals surface area (Å²) in [5.41, 5.74) is 0.743. The molecule has 0 unspecified atom stereocenters. The van der Waals surface area contributed by atoms with Crippen LogP contribution in [0.3, 0.4) is 0 Å². The number of benzene rings is 1. The molecule has 1 aromatic heterocycles. The van der Waals surface area contributed by atoms with Crippen LogP contribution in [0.15, 0.2) is 22.5 Å². The predicted octanol–water partition coefficient (Wildman–Crippen LogP) is 4.11. The molecule has 0 bridgehead atoms. The molecule has 9 heteroatoms. The Morgan fingerprint density at radius 3 is 2.48 bits per heavy atom. The Morgan fingerprint density at radius 2 is 1.89 bits per heavy atom. The third-order valence-electron chi connectivity index (χ3n) is 3.47.